The Hall–Kier alpha value is -0.570. The molecular weight excluding hydrogens is 240 g/mol. The van der Waals surface area contributed by atoms with Gasteiger partial charge in [0.05, 0.1) is 12.0 Å². The maximum Gasteiger partial charge on any atom is 0.311 e. The molecule has 0 amide bonds. The quantitative estimate of drug-likeness (QED) is 0.735. The van der Waals surface area contributed by atoms with Gasteiger partial charge in [-0.15, -0.1) is 0 Å². The van der Waals surface area contributed by atoms with E-state index in [-0.39, 0.29) is 24.3 Å². The van der Waals surface area contributed by atoms with Gasteiger partial charge in [0.2, 0.25) is 6.29 Å². The van der Waals surface area contributed by atoms with Gasteiger partial charge in [-0.1, -0.05) is 27.2 Å². The lowest BCUT2D eigenvalue weighted by Gasteiger charge is -2.39. The molecule has 1 heterocycles. The van der Waals surface area contributed by atoms with Crippen molar-refractivity contribution in [3.8, 4) is 0 Å². The second-order valence-corrected chi connectivity index (χ2v) is 7.15. The average molecular weight is 266 g/mol. The van der Waals surface area contributed by atoms with Crippen LogP contribution in [-0.4, -0.2) is 18.4 Å². The minimum Gasteiger partial charge on any atom is -0.435 e. The Morgan fingerprint density at radius 2 is 2.00 bits per heavy atom. The predicted octanol–water partition coefficient (Wildman–Crippen LogP) is 3.37. The maximum atomic E-state index is 11.7. The maximum absolute atomic E-state index is 11.7. The zero-order valence-electron chi connectivity index (χ0n) is 12.3. The van der Waals surface area contributed by atoms with E-state index >= 15 is 0 Å². The number of rotatable bonds is 3. The SMILES string of the molecule is CC(C)[C@H]1CC[C@H](C)C[C@@H]1O[C@H]1OC(=O)[C@H]2CC[C@@H]12. The van der Waals surface area contributed by atoms with Crippen LogP contribution in [0, 0.1) is 29.6 Å². The van der Waals surface area contributed by atoms with Gasteiger partial charge in [-0.3, -0.25) is 4.79 Å². The summed E-state index contributed by atoms with van der Waals surface area (Å²) in [5, 5.41) is 0. The summed E-state index contributed by atoms with van der Waals surface area (Å²) in [6.45, 7) is 6.87. The molecule has 0 N–H and O–H groups in total. The van der Waals surface area contributed by atoms with Gasteiger partial charge in [0, 0.05) is 5.92 Å². The van der Waals surface area contributed by atoms with Crippen molar-refractivity contribution in [2.75, 3.05) is 0 Å². The Bertz CT molecular complexity index is 352. The number of fused-ring (bicyclic) bond motifs is 1. The Balaban J connectivity index is 1.65. The lowest BCUT2D eigenvalue weighted by molar-refractivity contribution is -0.197. The molecule has 2 saturated carbocycles. The Morgan fingerprint density at radius 3 is 2.58 bits per heavy atom. The predicted molar refractivity (Wildman–Crippen MR) is 72.3 cm³/mol. The van der Waals surface area contributed by atoms with Crippen LogP contribution in [0.15, 0.2) is 0 Å². The molecule has 0 radical (unpaired) electrons. The summed E-state index contributed by atoms with van der Waals surface area (Å²) in [6.07, 6.45) is 5.79. The number of carbonyl (C=O) groups excluding carboxylic acids is 1. The highest BCUT2D eigenvalue weighted by molar-refractivity contribution is 5.76. The molecule has 3 fully saturated rings. The van der Waals surface area contributed by atoms with Crippen LogP contribution >= 0.6 is 0 Å². The van der Waals surface area contributed by atoms with Crippen LogP contribution in [0.25, 0.3) is 0 Å². The van der Waals surface area contributed by atoms with Crippen LogP contribution in [-0.2, 0) is 14.3 Å². The van der Waals surface area contributed by atoms with Crippen molar-refractivity contribution in [3.05, 3.63) is 0 Å². The number of hydrogen-bond acceptors (Lipinski definition) is 3. The van der Waals surface area contributed by atoms with Crippen LogP contribution < -0.4 is 0 Å². The molecule has 0 aromatic heterocycles. The van der Waals surface area contributed by atoms with Crippen molar-refractivity contribution in [3.63, 3.8) is 0 Å². The molecule has 3 aliphatic rings. The zero-order valence-corrected chi connectivity index (χ0v) is 12.3. The fourth-order valence-electron chi connectivity index (χ4n) is 4.01. The standard InChI is InChI=1S/C16H26O3/c1-9(2)11-5-4-10(3)8-14(11)18-16-13-7-6-12(13)15(17)19-16/h9-14,16H,4-8H2,1-3H3/t10-,11+,12-,13+,14-,16-/m0/s1. The largest absolute Gasteiger partial charge is 0.435 e. The third-order valence-electron chi connectivity index (χ3n) is 5.48. The molecule has 0 spiro atoms. The van der Waals surface area contributed by atoms with Crippen LogP contribution in [0.3, 0.4) is 0 Å². The molecule has 0 bridgehead atoms. The Morgan fingerprint density at radius 1 is 1.21 bits per heavy atom. The highest BCUT2D eigenvalue weighted by atomic mass is 16.7. The minimum absolute atomic E-state index is 0.0220. The zero-order chi connectivity index (χ0) is 13.6. The van der Waals surface area contributed by atoms with Crippen molar-refractivity contribution in [2.45, 2.75) is 65.3 Å². The molecule has 3 rings (SSSR count). The molecule has 3 heteroatoms. The molecule has 3 nitrogen and oxygen atoms in total. The van der Waals surface area contributed by atoms with Crippen molar-refractivity contribution in [1.82, 2.24) is 0 Å². The topological polar surface area (TPSA) is 35.5 Å². The van der Waals surface area contributed by atoms with Gasteiger partial charge in [-0.25, -0.2) is 0 Å². The van der Waals surface area contributed by atoms with E-state index in [1.165, 1.54) is 12.8 Å². The van der Waals surface area contributed by atoms with Gasteiger partial charge in [0.25, 0.3) is 0 Å². The lowest BCUT2D eigenvalue weighted by Crippen LogP contribution is -2.40. The molecule has 0 unspecified atom stereocenters. The van der Waals surface area contributed by atoms with Crippen LogP contribution in [0.4, 0.5) is 0 Å². The van der Waals surface area contributed by atoms with Gasteiger partial charge >= 0.3 is 5.97 Å². The second kappa shape index (κ2) is 5.08. The number of cyclic esters (lactones) is 1. The fraction of sp³-hybridized carbons (Fsp3) is 0.938. The van der Waals surface area contributed by atoms with Crippen LogP contribution in [0.2, 0.25) is 0 Å². The first-order valence-electron chi connectivity index (χ1n) is 7.92. The van der Waals surface area contributed by atoms with Gasteiger partial charge in [0.15, 0.2) is 0 Å². The van der Waals surface area contributed by atoms with Crippen molar-refractivity contribution < 1.29 is 14.3 Å². The summed E-state index contributed by atoms with van der Waals surface area (Å²) in [5.74, 6) is 2.46. The molecule has 19 heavy (non-hydrogen) atoms. The molecule has 108 valence electrons. The summed E-state index contributed by atoms with van der Waals surface area (Å²) in [5.41, 5.74) is 0. The number of carbonyl (C=O) groups is 1. The van der Waals surface area contributed by atoms with E-state index in [9.17, 15) is 4.79 Å². The smallest absolute Gasteiger partial charge is 0.311 e. The van der Waals surface area contributed by atoms with Gasteiger partial charge < -0.3 is 9.47 Å². The fourth-order valence-corrected chi connectivity index (χ4v) is 4.01. The van der Waals surface area contributed by atoms with Crippen LogP contribution in [0.1, 0.15) is 52.9 Å². The first-order valence-corrected chi connectivity index (χ1v) is 7.92. The molecule has 0 aromatic carbocycles. The Labute approximate surface area is 116 Å². The third kappa shape index (κ3) is 2.42. The Kier molecular flexibility index (Phi) is 3.59. The third-order valence-corrected chi connectivity index (χ3v) is 5.48. The molecule has 2 aliphatic carbocycles. The summed E-state index contributed by atoms with van der Waals surface area (Å²) in [6, 6.07) is 0. The van der Waals surface area contributed by atoms with E-state index in [0.29, 0.717) is 17.8 Å². The number of esters is 1. The molecule has 1 aliphatic heterocycles. The van der Waals surface area contributed by atoms with Crippen molar-refractivity contribution >= 4 is 5.97 Å². The van der Waals surface area contributed by atoms with Gasteiger partial charge in [-0.2, -0.15) is 0 Å². The van der Waals surface area contributed by atoms with Crippen molar-refractivity contribution in [2.24, 2.45) is 29.6 Å². The molecule has 1 saturated heterocycles. The number of ether oxygens (including phenoxy) is 2. The van der Waals surface area contributed by atoms with E-state index in [0.717, 1.165) is 25.2 Å². The van der Waals surface area contributed by atoms with E-state index in [1.54, 1.807) is 0 Å². The summed E-state index contributed by atoms with van der Waals surface area (Å²) < 4.78 is 11.7. The van der Waals surface area contributed by atoms with Gasteiger partial charge in [0.1, 0.15) is 0 Å². The minimum atomic E-state index is -0.247. The first-order chi connectivity index (χ1) is 9.06. The number of hydrogen-bond donors (Lipinski definition) is 0. The van der Waals surface area contributed by atoms with Crippen LogP contribution in [0.5, 0.6) is 0 Å². The summed E-state index contributed by atoms with van der Waals surface area (Å²) in [4.78, 5) is 11.7. The van der Waals surface area contributed by atoms with Gasteiger partial charge in [-0.05, 0) is 43.4 Å². The summed E-state index contributed by atoms with van der Waals surface area (Å²) >= 11 is 0. The highest BCUT2D eigenvalue weighted by Crippen LogP contribution is 2.46. The van der Waals surface area contributed by atoms with E-state index in [2.05, 4.69) is 20.8 Å². The van der Waals surface area contributed by atoms with Crippen molar-refractivity contribution in [1.29, 1.82) is 0 Å². The first kappa shape index (κ1) is 13.4. The monoisotopic (exact) mass is 266 g/mol. The van der Waals surface area contributed by atoms with E-state index in [4.69, 9.17) is 9.47 Å². The normalized spacial score (nSPS) is 45.8. The molecule has 0 aromatic rings. The average Bonchev–Trinajstić information content (AvgIpc) is 2.46. The molecular formula is C16H26O3. The second-order valence-electron chi connectivity index (χ2n) is 7.15. The summed E-state index contributed by atoms with van der Waals surface area (Å²) in [7, 11) is 0. The van der Waals surface area contributed by atoms with E-state index in [1.807, 2.05) is 0 Å². The lowest BCUT2D eigenvalue weighted by atomic mass is 9.74. The van der Waals surface area contributed by atoms with E-state index < -0.39 is 0 Å². The highest BCUT2D eigenvalue weighted by Gasteiger charge is 2.52. The molecule has 6 atom stereocenters.